The van der Waals surface area contributed by atoms with E-state index < -0.39 is 29.3 Å². The highest BCUT2D eigenvalue weighted by Crippen LogP contribution is 2.42. The average molecular weight is 506 g/mol. The molecular weight excluding hydrogens is 471 g/mol. The minimum absolute atomic E-state index is 0.0303. The lowest BCUT2D eigenvalue weighted by molar-refractivity contribution is -0.873. The third-order valence-electron chi connectivity index (χ3n) is 6.61. The van der Waals surface area contributed by atoms with Crippen molar-refractivity contribution in [2.45, 2.75) is 25.5 Å². The summed E-state index contributed by atoms with van der Waals surface area (Å²) in [5.41, 5.74) is -0.159. The van der Waals surface area contributed by atoms with Gasteiger partial charge in [0.1, 0.15) is 24.4 Å². The SMILES string of the molecule is CC1COc2c(N3CCN(C)CC3)c(F)cc3c(=O)c(C(=O)OC(CC(=O)O)C[N+](C)(C)C)cn1c23. The number of likely N-dealkylation sites (N-methyl/N-ethyl adjacent to an activating group) is 2. The number of rotatable bonds is 7. The number of benzene rings is 1. The van der Waals surface area contributed by atoms with E-state index in [2.05, 4.69) is 4.90 Å². The standard InChI is InChI=1S/C25H33FN4O6/c1-15-14-35-24-21-17(11-19(26)22(24)28-8-6-27(2)7-9-28)23(33)18(12-29(15)21)25(34)36-16(10-20(31)32)13-30(3,4)5/h11-12,15-16H,6-10,13-14H2,1-5H3/p+1. The molecule has 2 atom stereocenters. The molecule has 11 heteroatoms. The first kappa shape index (κ1) is 25.9. The van der Waals surface area contributed by atoms with Gasteiger partial charge in [-0.2, -0.15) is 0 Å². The molecule has 1 aromatic heterocycles. The number of ether oxygens (including phenoxy) is 2. The van der Waals surface area contributed by atoms with Crippen molar-refractivity contribution in [1.29, 1.82) is 0 Å². The van der Waals surface area contributed by atoms with Gasteiger partial charge in [-0.05, 0) is 20.0 Å². The molecule has 10 nitrogen and oxygen atoms in total. The second-order valence-corrected chi connectivity index (χ2v) is 10.8. The van der Waals surface area contributed by atoms with Gasteiger partial charge in [0.2, 0.25) is 5.43 Å². The summed E-state index contributed by atoms with van der Waals surface area (Å²) < 4.78 is 29.1. The molecule has 0 amide bonds. The summed E-state index contributed by atoms with van der Waals surface area (Å²) in [6, 6.07) is 0.948. The molecule has 196 valence electrons. The maximum absolute atomic E-state index is 15.5. The van der Waals surface area contributed by atoms with Gasteiger partial charge in [-0.3, -0.25) is 9.59 Å². The third-order valence-corrected chi connectivity index (χ3v) is 6.61. The fourth-order valence-electron chi connectivity index (χ4n) is 4.85. The summed E-state index contributed by atoms with van der Waals surface area (Å²) in [6.07, 6.45) is 0.110. The number of halogens is 1. The molecule has 0 radical (unpaired) electrons. The van der Waals surface area contributed by atoms with Crippen LogP contribution in [0, 0.1) is 5.82 Å². The van der Waals surface area contributed by atoms with E-state index >= 15 is 4.39 Å². The number of carbonyl (C=O) groups is 2. The normalized spacial score (nSPS) is 19.2. The van der Waals surface area contributed by atoms with Gasteiger partial charge in [0.15, 0.2) is 17.7 Å². The molecule has 2 aliphatic rings. The van der Waals surface area contributed by atoms with Crippen molar-refractivity contribution in [3.8, 4) is 5.75 Å². The van der Waals surface area contributed by atoms with Crippen LogP contribution in [-0.4, -0.2) is 105 Å². The molecule has 2 aromatic rings. The highest BCUT2D eigenvalue weighted by atomic mass is 19.1. The number of nitrogens with zero attached hydrogens (tertiary/aromatic N) is 4. The number of piperazine rings is 1. The van der Waals surface area contributed by atoms with Gasteiger partial charge >= 0.3 is 11.9 Å². The van der Waals surface area contributed by atoms with Gasteiger partial charge in [-0.1, -0.05) is 0 Å². The Labute approximate surface area is 209 Å². The van der Waals surface area contributed by atoms with Crippen LogP contribution in [0.4, 0.5) is 10.1 Å². The summed E-state index contributed by atoms with van der Waals surface area (Å²) >= 11 is 0. The summed E-state index contributed by atoms with van der Waals surface area (Å²) in [5.74, 6) is -2.31. The van der Waals surface area contributed by atoms with E-state index in [1.54, 1.807) is 4.57 Å². The topological polar surface area (TPSA) is 101 Å². The first-order valence-electron chi connectivity index (χ1n) is 12.1. The zero-order valence-electron chi connectivity index (χ0n) is 21.4. The van der Waals surface area contributed by atoms with Crippen LogP contribution in [0.1, 0.15) is 29.7 Å². The van der Waals surface area contributed by atoms with Crippen LogP contribution in [0.5, 0.6) is 5.75 Å². The minimum Gasteiger partial charge on any atom is -0.487 e. The molecule has 3 heterocycles. The second-order valence-electron chi connectivity index (χ2n) is 10.8. The van der Waals surface area contributed by atoms with Crippen molar-refractivity contribution < 1.29 is 33.0 Å². The van der Waals surface area contributed by atoms with Gasteiger partial charge in [-0.15, -0.1) is 0 Å². The Morgan fingerprint density at radius 2 is 1.92 bits per heavy atom. The number of carboxylic acid groups (broad SMARTS) is 1. The van der Waals surface area contributed by atoms with Gasteiger partial charge in [-0.25, -0.2) is 9.18 Å². The number of aliphatic carboxylic acids is 1. The molecule has 0 bridgehead atoms. The lowest BCUT2D eigenvalue weighted by atomic mass is 10.1. The smallest absolute Gasteiger partial charge is 0.344 e. The number of quaternary nitrogens is 1. The molecule has 0 saturated carbocycles. The lowest BCUT2D eigenvalue weighted by Gasteiger charge is -2.37. The Balaban J connectivity index is 1.78. The molecule has 0 aliphatic carbocycles. The predicted molar refractivity (Wildman–Crippen MR) is 132 cm³/mol. The average Bonchev–Trinajstić information content (AvgIpc) is 2.76. The van der Waals surface area contributed by atoms with Crippen LogP contribution >= 0.6 is 0 Å². The number of esters is 1. The maximum Gasteiger partial charge on any atom is 0.344 e. The molecule has 2 aliphatic heterocycles. The molecule has 1 N–H and O–H groups in total. The molecule has 2 unspecified atom stereocenters. The number of carbonyl (C=O) groups excluding carboxylic acids is 1. The summed E-state index contributed by atoms with van der Waals surface area (Å²) in [6.45, 7) is 5.16. The van der Waals surface area contributed by atoms with Crippen molar-refractivity contribution in [3.63, 3.8) is 0 Å². The minimum atomic E-state index is -1.11. The monoisotopic (exact) mass is 505 g/mol. The Kier molecular flexibility index (Phi) is 6.98. The van der Waals surface area contributed by atoms with E-state index in [9.17, 15) is 19.5 Å². The first-order chi connectivity index (χ1) is 16.9. The van der Waals surface area contributed by atoms with Crippen molar-refractivity contribution in [2.24, 2.45) is 0 Å². The molecule has 1 fully saturated rings. The first-order valence-corrected chi connectivity index (χ1v) is 12.1. The van der Waals surface area contributed by atoms with Crippen molar-refractivity contribution >= 4 is 28.5 Å². The van der Waals surface area contributed by atoms with E-state index in [0.29, 0.717) is 34.5 Å². The van der Waals surface area contributed by atoms with Gasteiger partial charge < -0.3 is 33.4 Å². The largest absolute Gasteiger partial charge is 0.487 e. The molecule has 0 spiro atoms. The number of carboxylic acids is 1. The number of hydrogen-bond acceptors (Lipinski definition) is 7. The molecule has 4 rings (SSSR count). The van der Waals surface area contributed by atoms with Crippen molar-refractivity contribution in [3.05, 3.63) is 33.9 Å². The van der Waals surface area contributed by atoms with Crippen LogP contribution in [0.2, 0.25) is 0 Å². The quantitative estimate of drug-likeness (QED) is 0.447. The Hall–Kier alpha value is -3.18. The fourth-order valence-corrected chi connectivity index (χ4v) is 4.85. The number of aromatic nitrogens is 1. The number of hydrogen-bond donors (Lipinski definition) is 1. The zero-order chi connectivity index (χ0) is 26.4. The van der Waals surface area contributed by atoms with Crippen LogP contribution in [-0.2, 0) is 9.53 Å². The zero-order valence-corrected chi connectivity index (χ0v) is 21.4. The summed E-state index contributed by atoms with van der Waals surface area (Å²) in [5, 5.41) is 9.30. The highest BCUT2D eigenvalue weighted by Gasteiger charge is 2.32. The highest BCUT2D eigenvalue weighted by molar-refractivity contribution is 5.98. The van der Waals surface area contributed by atoms with E-state index in [4.69, 9.17) is 9.47 Å². The fraction of sp³-hybridized carbons (Fsp3) is 0.560. The van der Waals surface area contributed by atoms with Gasteiger partial charge in [0.05, 0.1) is 44.5 Å². The van der Waals surface area contributed by atoms with E-state index in [0.717, 1.165) is 13.1 Å². The van der Waals surface area contributed by atoms with Crippen LogP contribution in [0.25, 0.3) is 10.9 Å². The van der Waals surface area contributed by atoms with Crippen LogP contribution < -0.4 is 15.1 Å². The summed E-state index contributed by atoms with van der Waals surface area (Å²) in [4.78, 5) is 42.0. The van der Waals surface area contributed by atoms with Crippen LogP contribution in [0.15, 0.2) is 17.1 Å². The van der Waals surface area contributed by atoms with Crippen molar-refractivity contribution in [2.75, 3.05) is 72.4 Å². The summed E-state index contributed by atoms with van der Waals surface area (Å²) in [7, 11) is 7.56. The van der Waals surface area contributed by atoms with Gasteiger partial charge in [0.25, 0.3) is 0 Å². The van der Waals surface area contributed by atoms with E-state index in [-0.39, 0.29) is 36.6 Å². The van der Waals surface area contributed by atoms with Crippen molar-refractivity contribution in [1.82, 2.24) is 9.47 Å². The molecule has 36 heavy (non-hydrogen) atoms. The second kappa shape index (κ2) is 9.70. The predicted octanol–water partition coefficient (Wildman–Crippen LogP) is 1.55. The van der Waals surface area contributed by atoms with E-state index in [1.165, 1.54) is 12.3 Å². The number of pyridine rings is 1. The van der Waals surface area contributed by atoms with Crippen LogP contribution in [0.3, 0.4) is 0 Å². The Bertz CT molecular complexity index is 1250. The third kappa shape index (κ3) is 5.17. The maximum atomic E-state index is 15.5. The number of anilines is 1. The molecular formula is C25H34FN4O6+. The molecule has 1 saturated heterocycles. The van der Waals surface area contributed by atoms with Gasteiger partial charge in [0, 0.05) is 32.4 Å². The Morgan fingerprint density at radius 3 is 2.53 bits per heavy atom. The van der Waals surface area contributed by atoms with E-state index in [1.807, 2.05) is 40.0 Å². The lowest BCUT2D eigenvalue weighted by Crippen LogP contribution is -2.45. The molecule has 1 aromatic carbocycles. The Morgan fingerprint density at radius 1 is 1.25 bits per heavy atom.